The number of hydrogen-bond acceptors (Lipinski definition) is 6. The van der Waals surface area contributed by atoms with E-state index in [1.54, 1.807) is 0 Å². The van der Waals surface area contributed by atoms with Gasteiger partial charge in [0.05, 0.1) is 6.54 Å². The van der Waals surface area contributed by atoms with E-state index in [0.717, 1.165) is 11.4 Å². The maximum atomic E-state index is 11.4. The molecule has 0 aliphatic heterocycles. The number of nitrogens with zero attached hydrogens (tertiary/aromatic N) is 2. The summed E-state index contributed by atoms with van der Waals surface area (Å²) in [4.78, 5) is 21.7. The van der Waals surface area contributed by atoms with Gasteiger partial charge in [0, 0.05) is 6.42 Å². The van der Waals surface area contributed by atoms with Crippen molar-refractivity contribution < 1.29 is 19.8 Å². The van der Waals surface area contributed by atoms with Gasteiger partial charge >= 0.3 is 12.0 Å². The summed E-state index contributed by atoms with van der Waals surface area (Å²) >= 11 is 1.26. The molecule has 0 aromatic carbocycles. The zero-order valence-corrected chi connectivity index (χ0v) is 11.4. The van der Waals surface area contributed by atoms with Crippen LogP contribution in [0.4, 0.5) is 9.93 Å². The lowest BCUT2D eigenvalue weighted by atomic mass is 10.1. The average Bonchev–Trinajstić information content (AvgIpc) is 2.72. The van der Waals surface area contributed by atoms with Crippen molar-refractivity contribution in [2.24, 2.45) is 5.92 Å². The smallest absolute Gasteiger partial charge is 0.334 e. The summed E-state index contributed by atoms with van der Waals surface area (Å²) in [6.45, 7) is 3.72. The molecule has 1 unspecified atom stereocenters. The molecule has 0 aliphatic rings. The fourth-order valence-electron chi connectivity index (χ4n) is 1.15. The maximum Gasteiger partial charge on any atom is 0.334 e. The van der Waals surface area contributed by atoms with Crippen molar-refractivity contribution in [2.75, 3.05) is 11.9 Å². The number of rotatable bonds is 6. The minimum atomic E-state index is -1.63. The number of aromatic nitrogens is 2. The highest BCUT2D eigenvalue weighted by molar-refractivity contribution is 7.15. The van der Waals surface area contributed by atoms with E-state index in [2.05, 4.69) is 34.7 Å². The Bertz CT molecular complexity index is 448. The molecule has 0 saturated heterocycles. The van der Waals surface area contributed by atoms with Crippen LogP contribution in [0.3, 0.4) is 0 Å². The third-order valence-electron chi connectivity index (χ3n) is 2.01. The molecule has 106 valence electrons. The van der Waals surface area contributed by atoms with Gasteiger partial charge in [-0.3, -0.25) is 5.32 Å². The molecule has 0 fully saturated rings. The van der Waals surface area contributed by atoms with Gasteiger partial charge in [-0.15, -0.1) is 10.2 Å². The maximum absolute atomic E-state index is 11.4. The molecule has 19 heavy (non-hydrogen) atoms. The van der Waals surface area contributed by atoms with E-state index in [1.165, 1.54) is 11.3 Å². The standard InChI is InChI=1S/C10H16N4O4S/c1-5(2)3-7-13-14-10(19-7)12-9(18)11-4-6(15)8(16)17/h5-6,15H,3-4H2,1-2H3,(H,16,17)(H2,11,12,14,18). The molecule has 1 atom stereocenters. The molecule has 0 spiro atoms. The Hall–Kier alpha value is -1.74. The average molecular weight is 288 g/mol. The summed E-state index contributed by atoms with van der Waals surface area (Å²) in [7, 11) is 0. The van der Waals surface area contributed by atoms with E-state index in [1.807, 2.05) is 0 Å². The molecule has 1 aromatic heterocycles. The number of urea groups is 1. The molecular weight excluding hydrogens is 272 g/mol. The molecule has 0 aliphatic carbocycles. The number of hydrogen-bond donors (Lipinski definition) is 4. The normalized spacial score (nSPS) is 12.2. The van der Waals surface area contributed by atoms with Gasteiger partial charge in [-0.25, -0.2) is 9.59 Å². The first kappa shape index (κ1) is 15.3. The second kappa shape index (κ2) is 7.00. The summed E-state index contributed by atoms with van der Waals surface area (Å²) in [5, 5.41) is 30.9. The Balaban J connectivity index is 2.40. The van der Waals surface area contributed by atoms with Gasteiger partial charge in [0.15, 0.2) is 6.10 Å². The molecule has 0 bridgehead atoms. The molecule has 0 saturated carbocycles. The second-order valence-electron chi connectivity index (χ2n) is 4.29. The number of aliphatic hydroxyl groups excluding tert-OH is 1. The number of carboxylic acid groups (broad SMARTS) is 1. The van der Waals surface area contributed by atoms with Gasteiger partial charge in [0.1, 0.15) is 5.01 Å². The van der Waals surface area contributed by atoms with Gasteiger partial charge in [-0.05, 0) is 5.92 Å². The fourth-order valence-corrected chi connectivity index (χ4v) is 2.10. The molecule has 9 heteroatoms. The molecule has 0 radical (unpaired) electrons. The minimum absolute atomic E-state index is 0.331. The number of anilines is 1. The zero-order valence-electron chi connectivity index (χ0n) is 10.6. The quantitative estimate of drug-likeness (QED) is 0.597. The van der Waals surface area contributed by atoms with Gasteiger partial charge in [-0.2, -0.15) is 0 Å². The van der Waals surface area contributed by atoms with Crippen LogP contribution in [0, 0.1) is 5.92 Å². The van der Waals surface area contributed by atoms with Crippen molar-refractivity contribution in [3.8, 4) is 0 Å². The lowest BCUT2D eigenvalue weighted by Gasteiger charge is -2.07. The highest BCUT2D eigenvalue weighted by Crippen LogP contribution is 2.17. The number of aliphatic carboxylic acids is 1. The van der Waals surface area contributed by atoms with Gasteiger partial charge in [-0.1, -0.05) is 25.2 Å². The van der Waals surface area contributed by atoms with Gasteiger partial charge < -0.3 is 15.5 Å². The van der Waals surface area contributed by atoms with Crippen LogP contribution < -0.4 is 10.6 Å². The third-order valence-corrected chi connectivity index (χ3v) is 2.87. The largest absolute Gasteiger partial charge is 0.479 e. The molecule has 2 amide bonds. The van der Waals surface area contributed by atoms with E-state index in [4.69, 9.17) is 10.2 Å². The predicted molar refractivity (Wildman–Crippen MR) is 69.1 cm³/mol. The second-order valence-corrected chi connectivity index (χ2v) is 5.35. The van der Waals surface area contributed by atoms with Crippen LogP contribution >= 0.6 is 11.3 Å². The van der Waals surface area contributed by atoms with Gasteiger partial charge in [0.2, 0.25) is 5.13 Å². The van der Waals surface area contributed by atoms with E-state index in [-0.39, 0.29) is 6.54 Å². The Labute approximate surface area is 113 Å². The molecule has 4 N–H and O–H groups in total. The molecule has 1 heterocycles. The number of amides is 2. The van der Waals surface area contributed by atoms with Crippen LogP contribution in [0.2, 0.25) is 0 Å². The lowest BCUT2D eigenvalue weighted by molar-refractivity contribution is -0.146. The van der Waals surface area contributed by atoms with Crippen LogP contribution in [0.25, 0.3) is 0 Å². The van der Waals surface area contributed by atoms with Crippen LogP contribution in [-0.4, -0.2) is 45.1 Å². The van der Waals surface area contributed by atoms with Gasteiger partial charge in [0.25, 0.3) is 0 Å². The SMILES string of the molecule is CC(C)Cc1nnc(NC(=O)NCC(O)C(=O)O)s1. The van der Waals surface area contributed by atoms with E-state index in [0.29, 0.717) is 11.0 Å². The van der Waals surface area contributed by atoms with Crippen molar-refractivity contribution in [3.63, 3.8) is 0 Å². The summed E-state index contributed by atoms with van der Waals surface area (Å²) in [5.74, 6) is -0.948. The number of carbonyl (C=O) groups excluding carboxylic acids is 1. The zero-order chi connectivity index (χ0) is 14.4. The summed E-state index contributed by atoms with van der Waals surface area (Å²) in [6.07, 6.45) is -0.852. The van der Waals surface area contributed by atoms with Crippen molar-refractivity contribution >= 4 is 28.5 Å². The first-order chi connectivity index (χ1) is 8.88. The number of carboxylic acids is 1. The van der Waals surface area contributed by atoms with Crippen LogP contribution in [0.5, 0.6) is 0 Å². The monoisotopic (exact) mass is 288 g/mol. The topological polar surface area (TPSA) is 124 Å². The summed E-state index contributed by atoms with van der Waals surface area (Å²) < 4.78 is 0. The number of nitrogens with one attached hydrogen (secondary N) is 2. The van der Waals surface area contributed by atoms with E-state index < -0.39 is 18.1 Å². The predicted octanol–water partition coefficient (Wildman–Crippen LogP) is 0.304. The Morgan fingerprint density at radius 3 is 2.63 bits per heavy atom. The van der Waals surface area contributed by atoms with E-state index in [9.17, 15) is 9.59 Å². The number of aliphatic hydroxyl groups is 1. The highest BCUT2D eigenvalue weighted by Gasteiger charge is 2.15. The Morgan fingerprint density at radius 2 is 2.05 bits per heavy atom. The minimum Gasteiger partial charge on any atom is -0.479 e. The van der Waals surface area contributed by atoms with Crippen molar-refractivity contribution in [1.29, 1.82) is 0 Å². The molecular formula is C10H16N4O4S. The third kappa shape index (κ3) is 5.62. The highest BCUT2D eigenvalue weighted by atomic mass is 32.1. The number of carbonyl (C=O) groups is 2. The summed E-state index contributed by atoms with van der Waals surface area (Å²) in [5.41, 5.74) is 0. The van der Waals surface area contributed by atoms with Crippen LogP contribution in [-0.2, 0) is 11.2 Å². The molecule has 1 rings (SSSR count). The van der Waals surface area contributed by atoms with Crippen molar-refractivity contribution in [2.45, 2.75) is 26.4 Å². The molecule has 1 aromatic rings. The van der Waals surface area contributed by atoms with Crippen molar-refractivity contribution in [1.82, 2.24) is 15.5 Å². The van der Waals surface area contributed by atoms with E-state index >= 15 is 0 Å². The fraction of sp³-hybridized carbons (Fsp3) is 0.600. The first-order valence-electron chi connectivity index (χ1n) is 5.66. The Morgan fingerprint density at radius 1 is 1.37 bits per heavy atom. The van der Waals surface area contributed by atoms with Crippen molar-refractivity contribution in [3.05, 3.63) is 5.01 Å². The van der Waals surface area contributed by atoms with Crippen LogP contribution in [0.15, 0.2) is 0 Å². The molecule has 8 nitrogen and oxygen atoms in total. The first-order valence-corrected chi connectivity index (χ1v) is 6.48. The lowest BCUT2D eigenvalue weighted by Crippen LogP contribution is -2.38. The Kier molecular flexibility index (Phi) is 5.64. The van der Waals surface area contributed by atoms with Crippen LogP contribution in [0.1, 0.15) is 18.9 Å². The summed E-state index contributed by atoms with van der Waals surface area (Å²) in [6, 6.07) is -0.632.